The number of hydrogen-bond donors (Lipinski definition) is 2. The fourth-order valence-electron chi connectivity index (χ4n) is 1.42. The standard InChI is InChI=1S/C12H13ClN4OS/c1-17(2)12-16-10(14)9(19-12)11(18)15-8-6-4-3-5-7(8)13/h3-6H,14H2,1-2H3,(H,15,18). The maximum absolute atomic E-state index is 12.1. The van der Waals surface area contributed by atoms with Crippen LogP contribution >= 0.6 is 22.9 Å². The molecule has 0 aliphatic carbocycles. The molecular weight excluding hydrogens is 284 g/mol. The summed E-state index contributed by atoms with van der Waals surface area (Å²) in [5.74, 6) is -0.0885. The fraction of sp³-hybridized carbons (Fsp3) is 0.167. The molecule has 0 bridgehead atoms. The lowest BCUT2D eigenvalue weighted by molar-refractivity contribution is 0.103. The van der Waals surface area contributed by atoms with Crippen molar-refractivity contribution in [1.82, 2.24) is 4.98 Å². The number of hydrogen-bond acceptors (Lipinski definition) is 5. The van der Waals surface area contributed by atoms with Gasteiger partial charge in [-0.05, 0) is 12.1 Å². The van der Waals surface area contributed by atoms with Gasteiger partial charge in [0.15, 0.2) is 5.13 Å². The van der Waals surface area contributed by atoms with Crippen LogP contribution in [0.15, 0.2) is 24.3 Å². The minimum atomic E-state index is -0.309. The highest BCUT2D eigenvalue weighted by atomic mass is 35.5. The van der Waals surface area contributed by atoms with E-state index in [1.165, 1.54) is 11.3 Å². The number of nitrogens with one attached hydrogen (secondary N) is 1. The van der Waals surface area contributed by atoms with Gasteiger partial charge >= 0.3 is 0 Å². The van der Waals surface area contributed by atoms with Crippen LogP contribution in [0.3, 0.4) is 0 Å². The lowest BCUT2D eigenvalue weighted by atomic mass is 10.3. The van der Waals surface area contributed by atoms with Crippen molar-refractivity contribution in [2.24, 2.45) is 0 Å². The van der Waals surface area contributed by atoms with Crippen LogP contribution in [0, 0.1) is 0 Å². The van der Waals surface area contributed by atoms with Gasteiger partial charge in [-0.1, -0.05) is 35.1 Å². The van der Waals surface area contributed by atoms with Crippen molar-refractivity contribution in [2.45, 2.75) is 0 Å². The number of carbonyl (C=O) groups excluding carboxylic acids is 1. The van der Waals surface area contributed by atoms with Gasteiger partial charge in [0, 0.05) is 14.1 Å². The molecule has 5 nitrogen and oxygen atoms in total. The number of rotatable bonds is 3. The van der Waals surface area contributed by atoms with Crippen molar-refractivity contribution in [1.29, 1.82) is 0 Å². The average Bonchev–Trinajstić information content (AvgIpc) is 2.74. The van der Waals surface area contributed by atoms with E-state index in [1.54, 1.807) is 29.2 Å². The first-order valence-corrected chi connectivity index (χ1v) is 6.68. The molecule has 19 heavy (non-hydrogen) atoms. The molecule has 1 amide bonds. The normalized spacial score (nSPS) is 10.3. The van der Waals surface area contributed by atoms with Gasteiger partial charge in [-0.2, -0.15) is 0 Å². The quantitative estimate of drug-likeness (QED) is 0.913. The summed E-state index contributed by atoms with van der Waals surface area (Å²) in [6, 6.07) is 7.02. The lowest BCUT2D eigenvalue weighted by Gasteiger charge is -2.06. The van der Waals surface area contributed by atoms with E-state index in [9.17, 15) is 4.79 Å². The molecule has 0 aliphatic rings. The number of anilines is 3. The van der Waals surface area contributed by atoms with Crippen LogP contribution in [-0.2, 0) is 0 Å². The molecule has 0 spiro atoms. The van der Waals surface area contributed by atoms with E-state index >= 15 is 0 Å². The second-order valence-corrected chi connectivity index (χ2v) is 5.42. The van der Waals surface area contributed by atoms with E-state index in [0.29, 0.717) is 20.7 Å². The van der Waals surface area contributed by atoms with Crippen LogP contribution in [0.2, 0.25) is 5.02 Å². The Kier molecular flexibility index (Phi) is 3.92. The highest BCUT2D eigenvalue weighted by Gasteiger charge is 2.17. The molecule has 0 saturated carbocycles. The van der Waals surface area contributed by atoms with Crippen molar-refractivity contribution >= 4 is 45.5 Å². The Morgan fingerprint density at radius 3 is 2.68 bits per heavy atom. The largest absolute Gasteiger partial charge is 0.382 e. The first kappa shape index (κ1) is 13.6. The van der Waals surface area contributed by atoms with Gasteiger partial charge in [-0.15, -0.1) is 0 Å². The lowest BCUT2D eigenvalue weighted by Crippen LogP contribution is -2.12. The van der Waals surface area contributed by atoms with E-state index in [2.05, 4.69) is 10.3 Å². The van der Waals surface area contributed by atoms with E-state index < -0.39 is 0 Å². The molecule has 1 aromatic heterocycles. The summed E-state index contributed by atoms with van der Waals surface area (Å²) in [4.78, 5) is 18.4. The molecule has 0 aliphatic heterocycles. The van der Waals surface area contributed by atoms with Crippen LogP contribution in [-0.4, -0.2) is 25.0 Å². The first-order valence-electron chi connectivity index (χ1n) is 5.48. The molecule has 0 saturated heterocycles. The number of amides is 1. The highest BCUT2D eigenvalue weighted by Crippen LogP contribution is 2.28. The molecule has 2 aromatic rings. The van der Waals surface area contributed by atoms with Gasteiger partial charge < -0.3 is 16.0 Å². The molecule has 1 heterocycles. The number of para-hydroxylation sites is 1. The summed E-state index contributed by atoms with van der Waals surface area (Å²) in [7, 11) is 3.68. The number of benzene rings is 1. The third-order valence-electron chi connectivity index (χ3n) is 2.35. The molecule has 0 unspecified atom stereocenters. The number of halogens is 1. The van der Waals surface area contributed by atoms with E-state index in [4.69, 9.17) is 17.3 Å². The Bertz CT molecular complexity index is 612. The van der Waals surface area contributed by atoms with Crippen LogP contribution in [0.5, 0.6) is 0 Å². The monoisotopic (exact) mass is 296 g/mol. The second-order valence-electron chi connectivity index (χ2n) is 4.04. The van der Waals surface area contributed by atoms with Crippen molar-refractivity contribution < 1.29 is 4.79 Å². The summed E-state index contributed by atoms with van der Waals surface area (Å²) in [6.07, 6.45) is 0. The molecule has 100 valence electrons. The third-order valence-corrected chi connectivity index (χ3v) is 3.92. The maximum atomic E-state index is 12.1. The molecule has 1 aromatic carbocycles. The van der Waals surface area contributed by atoms with Gasteiger partial charge in [0.05, 0.1) is 10.7 Å². The summed E-state index contributed by atoms with van der Waals surface area (Å²) >= 11 is 7.22. The van der Waals surface area contributed by atoms with Crippen LogP contribution in [0.1, 0.15) is 9.67 Å². The number of thiazole rings is 1. The van der Waals surface area contributed by atoms with Crippen LogP contribution in [0.25, 0.3) is 0 Å². The molecule has 2 rings (SSSR count). The third kappa shape index (κ3) is 2.97. The minimum absolute atomic E-state index is 0.221. The van der Waals surface area contributed by atoms with Gasteiger partial charge in [-0.25, -0.2) is 4.98 Å². The van der Waals surface area contributed by atoms with Gasteiger partial charge in [0.25, 0.3) is 5.91 Å². The van der Waals surface area contributed by atoms with Crippen LogP contribution < -0.4 is 16.0 Å². The zero-order valence-corrected chi connectivity index (χ0v) is 12.0. The van der Waals surface area contributed by atoms with E-state index in [0.717, 1.165) is 0 Å². The number of nitrogen functional groups attached to an aromatic ring is 1. The van der Waals surface area contributed by atoms with Gasteiger partial charge in [0.1, 0.15) is 10.7 Å². The fourth-order valence-corrected chi connectivity index (χ4v) is 2.40. The summed E-state index contributed by atoms with van der Waals surface area (Å²) in [5.41, 5.74) is 6.30. The Balaban J connectivity index is 2.23. The zero-order valence-electron chi connectivity index (χ0n) is 10.5. The molecule has 0 atom stereocenters. The number of carbonyl (C=O) groups is 1. The Labute approximate surface area is 120 Å². The van der Waals surface area contributed by atoms with Crippen molar-refractivity contribution in [3.63, 3.8) is 0 Å². The molecule has 7 heteroatoms. The molecule has 0 fully saturated rings. The highest BCUT2D eigenvalue weighted by molar-refractivity contribution is 7.18. The van der Waals surface area contributed by atoms with E-state index in [-0.39, 0.29) is 11.7 Å². The Morgan fingerprint density at radius 1 is 1.42 bits per heavy atom. The summed E-state index contributed by atoms with van der Waals surface area (Å²) in [5, 5.41) is 3.88. The Hall–Kier alpha value is -1.79. The SMILES string of the molecule is CN(C)c1nc(N)c(C(=O)Nc2ccccc2Cl)s1. The van der Waals surface area contributed by atoms with Crippen molar-refractivity contribution in [3.8, 4) is 0 Å². The smallest absolute Gasteiger partial charge is 0.269 e. The first-order chi connectivity index (χ1) is 8.99. The number of nitrogens with zero attached hydrogens (tertiary/aromatic N) is 2. The molecule has 0 radical (unpaired) electrons. The predicted octanol–water partition coefficient (Wildman–Crippen LogP) is 2.70. The molecular formula is C12H13ClN4OS. The summed E-state index contributed by atoms with van der Waals surface area (Å²) < 4.78 is 0. The minimum Gasteiger partial charge on any atom is -0.382 e. The van der Waals surface area contributed by atoms with Crippen molar-refractivity contribution in [2.75, 3.05) is 30.0 Å². The zero-order chi connectivity index (χ0) is 14.0. The summed E-state index contributed by atoms with van der Waals surface area (Å²) in [6.45, 7) is 0. The maximum Gasteiger partial charge on any atom is 0.269 e. The van der Waals surface area contributed by atoms with E-state index in [1.807, 2.05) is 14.1 Å². The van der Waals surface area contributed by atoms with Gasteiger partial charge in [0.2, 0.25) is 0 Å². The van der Waals surface area contributed by atoms with Crippen LogP contribution in [0.4, 0.5) is 16.6 Å². The predicted molar refractivity (Wildman–Crippen MR) is 80.3 cm³/mol. The topological polar surface area (TPSA) is 71.2 Å². The second kappa shape index (κ2) is 5.46. The average molecular weight is 297 g/mol. The number of nitrogens with two attached hydrogens (primary N) is 1. The Morgan fingerprint density at radius 2 is 2.11 bits per heavy atom. The van der Waals surface area contributed by atoms with Gasteiger partial charge in [-0.3, -0.25) is 4.79 Å². The molecule has 3 N–H and O–H groups in total. The number of aromatic nitrogens is 1. The van der Waals surface area contributed by atoms with Crippen molar-refractivity contribution in [3.05, 3.63) is 34.2 Å².